The summed E-state index contributed by atoms with van der Waals surface area (Å²) >= 11 is 1.36. The number of hydrogen-bond donors (Lipinski definition) is 1. The van der Waals surface area contributed by atoms with E-state index in [-0.39, 0.29) is 48.3 Å². The predicted octanol–water partition coefficient (Wildman–Crippen LogP) is 2.00. The van der Waals surface area contributed by atoms with E-state index < -0.39 is 6.04 Å². The van der Waals surface area contributed by atoms with Crippen LogP contribution >= 0.6 is 11.8 Å². The lowest BCUT2D eigenvalue weighted by molar-refractivity contribution is -0.146. The molecule has 2 fully saturated rings. The molecule has 1 unspecified atom stereocenters. The first-order valence-corrected chi connectivity index (χ1v) is 15.6. The molecule has 7 rings (SSSR count). The molecule has 220 valence electrons. The molecule has 2 aliphatic carbocycles. The maximum Gasteiger partial charge on any atom is 0.277 e. The van der Waals surface area contributed by atoms with Crippen LogP contribution in [0.4, 0.5) is 4.39 Å². The quantitative estimate of drug-likeness (QED) is 0.330. The molecular formula is C30H33FN6O4S. The van der Waals surface area contributed by atoms with Crippen molar-refractivity contribution in [3.63, 3.8) is 0 Å². The molecule has 0 bridgehead atoms. The summed E-state index contributed by atoms with van der Waals surface area (Å²) in [5, 5.41) is 14.8. The van der Waals surface area contributed by atoms with Gasteiger partial charge >= 0.3 is 0 Å². The molecule has 2 aliphatic heterocycles. The molecule has 0 radical (unpaired) electrons. The Balaban J connectivity index is 1.14. The Morgan fingerprint density at radius 1 is 1.10 bits per heavy atom. The molecular weight excluding hydrogens is 559 g/mol. The number of rotatable bonds is 7. The fraction of sp³-hybridized carbons (Fsp3) is 0.500. The highest BCUT2D eigenvalue weighted by molar-refractivity contribution is 7.98. The standard InChI is InChI=1S/C30H33FN6O4S/c31-21-6-4-18(5-7-21)17-42-30-33-28(40)23-2-1-3-24(23)35(30)15-27(39)37-25-10-20(25)11-26(37)29(41)34-12-19(16-38)13-36-22(14-34)8-9-32-36/h4-9,19-20,25-26,38H,1-3,10-17H2/t19?,20-,25-,26-/m1/s1. The van der Waals surface area contributed by atoms with Gasteiger partial charge < -0.3 is 19.5 Å². The molecule has 4 aliphatic rings. The zero-order valence-electron chi connectivity index (χ0n) is 23.2. The normalized spacial score (nSPS) is 24.2. The summed E-state index contributed by atoms with van der Waals surface area (Å²) in [6, 6.07) is 7.60. The zero-order chi connectivity index (χ0) is 29.0. The highest BCUT2D eigenvalue weighted by Crippen LogP contribution is 2.48. The van der Waals surface area contributed by atoms with E-state index in [9.17, 15) is 23.9 Å². The van der Waals surface area contributed by atoms with Crippen molar-refractivity contribution in [3.8, 4) is 0 Å². The van der Waals surface area contributed by atoms with E-state index in [0.29, 0.717) is 61.3 Å². The molecule has 12 heteroatoms. The van der Waals surface area contributed by atoms with Crippen LogP contribution in [0.1, 0.15) is 41.8 Å². The Bertz CT molecular complexity index is 1590. The Morgan fingerprint density at radius 2 is 1.93 bits per heavy atom. The molecule has 1 N–H and O–H groups in total. The third kappa shape index (κ3) is 5.04. The highest BCUT2D eigenvalue weighted by atomic mass is 32.2. The van der Waals surface area contributed by atoms with E-state index in [4.69, 9.17) is 0 Å². The number of aliphatic hydroxyl groups is 1. The Morgan fingerprint density at radius 3 is 2.74 bits per heavy atom. The second-order valence-corrected chi connectivity index (χ2v) is 12.8. The van der Waals surface area contributed by atoms with Gasteiger partial charge in [-0.1, -0.05) is 23.9 Å². The van der Waals surface area contributed by atoms with Crippen LogP contribution in [0.2, 0.25) is 0 Å². The first kappa shape index (κ1) is 27.3. The minimum atomic E-state index is -0.550. The largest absolute Gasteiger partial charge is 0.396 e. The molecule has 4 heterocycles. The number of aliphatic hydroxyl groups excluding tert-OH is 1. The average Bonchev–Trinajstić information content (AvgIpc) is 3.29. The number of carbonyl (C=O) groups excluding carboxylic acids is 2. The molecule has 2 amide bonds. The Hall–Kier alpha value is -3.51. The summed E-state index contributed by atoms with van der Waals surface area (Å²) in [5.74, 6) is 0.128. The summed E-state index contributed by atoms with van der Waals surface area (Å²) in [5.41, 5.74) is 3.08. The van der Waals surface area contributed by atoms with Gasteiger partial charge in [0.1, 0.15) is 18.4 Å². The molecule has 10 nitrogen and oxygen atoms in total. The lowest BCUT2D eigenvalue weighted by atomic mass is 10.1. The number of piperidine rings is 1. The van der Waals surface area contributed by atoms with Gasteiger partial charge in [0.2, 0.25) is 11.8 Å². The number of fused-ring (bicyclic) bond motifs is 3. The van der Waals surface area contributed by atoms with Crippen molar-refractivity contribution in [2.75, 3.05) is 13.2 Å². The molecule has 2 aromatic heterocycles. The van der Waals surface area contributed by atoms with Crippen LogP contribution < -0.4 is 5.56 Å². The summed E-state index contributed by atoms with van der Waals surface area (Å²) in [6.45, 7) is 1.31. The number of hydrogen-bond acceptors (Lipinski definition) is 7. The summed E-state index contributed by atoms with van der Waals surface area (Å²) in [6.07, 6.45) is 5.42. The number of benzene rings is 1. The first-order chi connectivity index (χ1) is 20.4. The summed E-state index contributed by atoms with van der Waals surface area (Å²) in [4.78, 5) is 48.8. The number of carbonyl (C=O) groups is 2. The van der Waals surface area contributed by atoms with Gasteiger partial charge in [0, 0.05) is 54.9 Å². The van der Waals surface area contributed by atoms with Crippen LogP contribution in [0.15, 0.2) is 46.5 Å². The van der Waals surface area contributed by atoms with Crippen LogP contribution in [-0.4, -0.2) is 71.3 Å². The van der Waals surface area contributed by atoms with Crippen molar-refractivity contribution in [3.05, 3.63) is 75.2 Å². The topological polar surface area (TPSA) is 114 Å². The minimum Gasteiger partial charge on any atom is -0.396 e. The molecule has 1 saturated carbocycles. The van der Waals surface area contributed by atoms with Crippen LogP contribution in [-0.2, 0) is 47.8 Å². The lowest BCUT2D eigenvalue weighted by Crippen LogP contribution is -2.51. The predicted molar refractivity (Wildman–Crippen MR) is 152 cm³/mol. The molecule has 4 atom stereocenters. The van der Waals surface area contributed by atoms with Crippen LogP contribution in [0, 0.1) is 17.7 Å². The third-order valence-corrected chi connectivity index (χ3v) is 10.1. The zero-order valence-corrected chi connectivity index (χ0v) is 24.0. The first-order valence-electron chi connectivity index (χ1n) is 14.6. The molecule has 1 saturated heterocycles. The van der Waals surface area contributed by atoms with E-state index in [1.807, 2.05) is 15.3 Å². The van der Waals surface area contributed by atoms with Crippen LogP contribution in [0.3, 0.4) is 0 Å². The fourth-order valence-electron chi connectivity index (χ4n) is 6.87. The van der Waals surface area contributed by atoms with Gasteiger partial charge in [-0.2, -0.15) is 10.1 Å². The Kier molecular flexibility index (Phi) is 7.13. The monoisotopic (exact) mass is 592 g/mol. The second kappa shape index (κ2) is 11.0. The number of amides is 2. The smallest absolute Gasteiger partial charge is 0.277 e. The maximum absolute atomic E-state index is 14.1. The summed E-state index contributed by atoms with van der Waals surface area (Å²) in [7, 11) is 0. The number of aromatic nitrogens is 4. The highest BCUT2D eigenvalue weighted by Gasteiger charge is 2.56. The van der Waals surface area contributed by atoms with Crippen molar-refractivity contribution in [2.45, 2.75) is 74.7 Å². The van der Waals surface area contributed by atoms with Crippen LogP contribution in [0.25, 0.3) is 0 Å². The van der Waals surface area contributed by atoms with Crippen molar-refractivity contribution in [1.82, 2.24) is 29.1 Å². The van der Waals surface area contributed by atoms with Gasteiger partial charge in [-0.25, -0.2) is 4.39 Å². The fourth-order valence-corrected chi connectivity index (χ4v) is 7.83. The van der Waals surface area contributed by atoms with Gasteiger partial charge in [0.15, 0.2) is 5.16 Å². The number of likely N-dealkylation sites (tertiary alicyclic amines) is 1. The van der Waals surface area contributed by atoms with Crippen LogP contribution in [0.5, 0.6) is 0 Å². The SMILES string of the molecule is O=C([C@H]1C[C@H]2C[C@H]2N1C(=O)Cn1c(SCc2ccc(F)cc2)nc(=O)c2c1CCC2)N1Cc2ccnn2CC(CO)C1. The number of nitrogens with zero attached hydrogens (tertiary/aromatic N) is 6. The van der Waals surface area contributed by atoms with E-state index in [1.54, 1.807) is 28.1 Å². The van der Waals surface area contributed by atoms with Gasteiger partial charge in [-0.3, -0.25) is 19.1 Å². The molecule has 42 heavy (non-hydrogen) atoms. The van der Waals surface area contributed by atoms with E-state index in [2.05, 4.69) is 10.1 Å². The average molecular weight is 593 g/mol. The van der Waals surface area contributed by atoms with Gasteiger partial charge in [-0.05, 0) is 61.8 Å². The van der Waals surface area contributed by atoms with Crippen molar-refractivity contribution >= 4 is 23.6 Å². The van der Waals surface area contributed by atoms with E-state index in [0.717, 1.165) is 29.8 Å². The van der Waals surface area contributed by atoms with Gasteiger partial charge in [0.25, 0.3) is 5.56 Å². The maximum atomic E-state index is 14.1. The van der Waals surface area contributed by atoms with Crippen molar-refractivity contribution in [2.24, 2.45) is 11.8 Å². The molecule has 3 aromatic rings. The number of thioether (sulfide) groups is 1. The van der Waals surface area contributed by atoms with Gasteiger partial charge in [-0.15, -0.1) is 0 Å². The molecule has 0 spiro atoms. The molecule has 1 aromatic carbocycles. The minimum absolute atomic E-state index is 0.0143. The lowest BCUT2D eigenvalue weighted by Gasteiger charge is -2.33. The summed E-state index contributed by atoms with van der Waals surface area (Å²) < 4.78 is 17.1. The number of halogens is 1. The van der Waals surface area contributed by atoms with E-state index in [1.165, 1.54) is 23.9 Å². The Labute approximate surface area is 246 Å². The van der Waals surface area contributed by atoms with Crippen molar-refractivity contribution in [1.29, 1.82) is 0 Å². The van der Waals surface area contributed by atoms with Crippen molar-refractivity contribution < 1.29 is 19.1 Å². The van der Waals surface area contributed by atoms with E-state index >= 15 is 0 Å². The third-order valence-electron chi connectivity index (χ3n) is 9.09. The van der Waals surface area contributed by atoms with Gasteiger partial charge in [0.05, 0.1) is 12.2 Å². The second-order valence-electron chi connectivity index (χ2n) is 11.9.